The Balaban J connectivity index is 1.43. The van der Waals surface area contributed by atoms with Crippen molar-refractivity contribution < 1.29 is 19.0 Å². The predicted molar refractivity (Wildman–Crippen MR) is 119 cm³/mol. The SMILES string of the molecule is O=C1Nc2c(F)cc(Cn3c(O)csc3=O)cc2C1=Cc1cc(CN2CCOCC2)c[nH]1. The zero-order chi connectivity index (χ0) is 22.2. The molecule has 166 valence electrons. The van der Waals surface area contributed by atoms with Crippen LogP contribution in [0.1, 0.15) is 22.4 Å². The van der Waals surface area contributed by atoms with Crippen LogP contribution in [0.5, 0.6) is 5.88 Å². The number of morpholine rings is 1. The number of ether oxygens (including phenoxy) is 1. The fourth-order valence-electron chi connectivity index (χ4n) is 4.00. The molecule has 8 nitrogen and oxygen atoms in total. The molecule has 0 bridgehead atoms. The van der Waals surface area contributed by atoms with Gasteiger partial charge in [0.2, 0.25) is 5.88 Å². The third-order valence-electron chi connectivity index (χ3n) is 5.60. The summed E-state index contributed by atoms with van der Waals surface area (Å²) < 4.78 is 21.2. The summed E-state index contributed by atoms with van der Waals surface area (Å²) in [5.41, 5.74) is 3.18. The molecule has 3 N–H and O–H groups in total. The van der Waals surface area contributed by atoms with Crippen LogP contribution >= 0.6 is 11.3 Å². The van der Waals surface area contributed by atoms with Crippen molar-refractivity contribution in [3.05, 3.63) is 67.6 Å². The first-order valence-electron chi connectivity index (χ1n) is 10.2. The molecule has 0 aliphatic carbocycles. The van der Waals surface area contributed by atoms with Crippen LogP contribution in [0, 0.1) is 5.82 Å². The summed E-state index contributed by atoms with van der Waals surface area (Å²) in [7, 11) is 0. The van der Waals surface area contributed by atoms with Gasteiger partial charge in [-0.05, 0) is 35.4 Å². The monoisotopic (exact) mass is 456 g/mol. The molecule has 1 saturated heterocycles. The number of nitrogens with one attached hydrogen (secondary N) is 2. The van der Waals surface area contributed by atoms with Crippen LogP contribution < -0.4 is 10.2 Å². The van der Waals surface area contributed by atoms with Crippen molar-refractivity contribution in [3.8, 4) is 5.88 Å². The molecule has 4 heterocycles. The molecule has 0 atom stereocenters. The van der Waals surface area contributed by atoms with Gasteiger partial charge in [-0.25, -0.2) is 4.39 Å². The van der Waals surface area contributed by atoms with E-state index in [0.717, 1.165) is 60.0 Å². The van der Waals surface area contributed by atoms with Gasteiger partial charge in [-0.2, -0.15) is 0 Å². The molecule has 0 saturated carbocycles. The summed E-state index contributed by atoms with van der Waals surface area (Å²) in [5.74, 6) is -1.16. The quantitative estimate of drug-likeness (QED) is 0.512. The minimum atomic E-state index is -0.587. The number of hydrogen-bond donors (Lipinski definition) is 3. The number of nitrogens with zero attached hydrogens (tertiary/aromatic N) is 2. The standard InChI is InChI=1S/C22H21FN4O4S/c23-18-7-13(11-27-19(28)12-32-22(27)30)6-16-17(21(29)25-20(16)18)8-15-5-14(9-24-15)10-26-1-3-31-4-2-26/h5-9,12,24,28H,1-4,10-11H2,(H,25,29). The van der Waals surface area contributed by atoms with Gasteiger partial charge < -0.3 is 20.1 Å². The van der Waals surface area contributed by atoms with Crippen LogP contribution in [-0.2, 0) is 22.6 Å². The van der Waals surface area contributed by atoms with Crippen molar-refractivity contribution in [1.82, 2.24) is 14.5 Å². The summed E-state index contributed by atoms with van der Waals surface area (Å²) in [4.78, 5) is 29.6. The molecular weight excluding hydrogens is 435 g/mol. The lowest BCUT2D eigenvalue weighted by atomic mass is 10.0. The fourth-order valence-corrected chi connectivity index (χ4v) is 4.62. The van der Waals surface area contributed by atoms with E-state index in [1.54, 1.807) is 12.1 Å². The fraction of sp³-hybridized carbons (Fsp3) is 0.273. The Labute approximate surface area is 186 Å². The number of halogens is 1. The van der Waals surface area contributed by atoms with E-state index in [1.165, 1.54) is 11.4 Å². The molecule has 1 fully saturated rings. The molecule has 2 aromatic heterocycles. The first kappa shape index (κ1) is 20.7. The van der Waals surface area contributed by atoms with E-state index in [4.69, 9.17) is 4.74 Å². The molecular formula is C22H21FN4O4S. The Morgan fingerprint density at radius 1 is 1.16 bits per heavy atom. The molecule has 0 radical (unpaired) electrons. The Bertz CT molecular complexity index is 1270. The third kappa shape index (κ3) is 3.99. The Hall–Kier alpha value is -3.21. The molecule has 10 heteroatoms. The molecule has 2 aliphatic heterocycles. The second-order valence-electron chi connectivity index (χ2n) is 7.81. The first-order valence-corrected chi connectivity index (χ1v) is 11.1. The van der Waals surface area contributed by atoms with E-state index in [1.807, 2.05) is 12.3 Å². The first-order chi connectivity index (χ1) is 15.5. The zero-order valence-corrected chi connectivity index (χ0v) is 17.9. The van der Waals surface area contributed by atoms with Crippen LogP contribution in [-0.4, -0.2) is 51.8 Å². The van der Waals surface area contributed by atoms with Crippen molar-refractivity contribution in [2.45, 2.75) is 13.1 Å². The van der Waals surface area contributed by atoms with E-state index in [9.17, 15) is 19.1 Å². The summed E-state index contributed by atoms with van der Waals surface area (Å²) in [6.07, 6.45) is 3.60. The maximum atomic E-state index is 14.7. The van der Waals surface area contributed by atoms with Gasteiger partial charge in [-0.1, -0.05) is 11.3 Å². The van der Waals surface area contributed by atoms with Crippen molar-refractivity contribution >= 4 is 34.6 Å². The van der Waals surface area contributed by atoms with Crippen molar-refractivity contribution in [3.63, 3.8) is 0 Å². The summed E-state index contributed by atoms with van der Waals surface area (Å²) in [5, 5.41) is 13.8. The smallest absolute Gasteiger partial charge is 0.310 e. The van der Waals surface area contributed by atoms with Crippen molar-refractivity contribution in [2.24, 2.45) is 0 Å². The van der Waals surface area contributed by atoms with Crippen LogP contribution in [0.25, 0.3) is 11.6 Å². The van der Waals surface area contributed by atoms with Crippen LogP contribution in [0.2, 0.25) is 0 Å². The van der Waals surface area contributed by atoms with Crippen LogP contribution in [0.4, 0.5) is 10.1 Å². The maximum Gasteiger partial charge on any atom is 0.310 e. The zero-order valence-electron chi connectivity index (χ0n) is 17.1. The van der Waals surface area contributed by atoms with E-state index in [2.05, 4.69) is 15.2 Å². The number of anilines is 1. The highest BCUT2D eigenvalue weighted by Crippen LogP contribution is 2.36. The minimum absolute atomic E-state index is 0.00599. The summed E-state index contributed by atoms with van der Waals surface area (Å²) >= 11 is 0.869. The molecule has 0 spiro atoms. The van der Waals surface area contributed by atoms with Gasteiger partial charge >= 0.3 is 4.87 Å². The molecule has 32 heavy (non-hydrogen) atoms. The Kier molecular flexibility index (Phi) is 5.41. The Morgan fingerprint density at radius 3 is 2.72 bits per heavy atom. The van der Waals surface area contributed by atoms with Gasteiger partial charge in [0.15, 0.2) is 0 Å². The number of hydrogen-bond acceptors (Lipinski definition) is 6. The molecule has 3 aromatic rings. The topological polar surface area (TPSA) is 99.6 Å². The number of rotatable bonds is 5. The second-order valence-corrected chi connectivity index (χ2v) is 8.63. The predicted octanol–water partition coefficient (Wildman–Crippen LogP) is 2.46. The van der Waals surface area contributed by atoms with Gasteiger partial charge in [0.05, 0.1) is 36.4 Å². The number of aromatic nitrogens is 2. The lowest BCUT2D eigenvalue weighted by Crippen LogP contribution is -2.35. The van der Waals surface area contributed by atoms with Gasteiger partial charge in [0.25, 0.3) is 5.91 Å². The maximum absolute atomic E-state index is 14.7. The van der Waals surface area contributed by atoms with Crippen molar-refractivity contribution in [1.29, 1.82) is 0 Å². The molecule has 5 rings (SSSR count). The number of thiazole rings is 1. The lowest BCUT2D eigenvalue weighted by molar-refractivity contribution is -0.110. The van der Waals surface area contributed by atoms with E-state index >= 15 is 0 Å². The third-order valence-corrected chi connectivity index (χ3v) is 6.35. The van der Waals surface area contributed by atoms with Crippen molar-refractivity contribution in [2.75, 3.05) is 31.6 Å². The average molecular weight is 456 g/mol. The van der Waals surface area contributed by atoms with E-state index in [-0.39, 0.29) is 23.0 Å². The summed E-state index contributed by atoms with van der Waals surface area (Å²) in [6, 6.07) is 4.90. The number of carbonyl (C=O) groups is 1. The lowest BCUT2D eigenvalue weighted by Gasteiger charge is -2.25. The van der Waals surface area contributed by atoms with Crippen LogP contribution in [0.15, 0.2) is 34.6 Å². The normalized spacial score (nSPS) is 17.7. The Morgan fingerprint density at radius 2 is 1.97 bits per heavy atom. The number of carbonyl (C=O) groups excluding carboxylic acids is 1. The number of H-pyrrole nitrogens is 1. The van der Waals surface area contributed by atoms with Gasteiger partial charge in [0, 0.05) is 37.1 Å². The average Bonchev–Trinajstić information content (AvgIpc) is 3.44. The molecule has 1 amide bonds. The minimum Gasteiger partial charge on any atom is -0.494 e. The summed E-state index contributed by atoms with van der Waals surface area (Å²) in [6.45, 7) is 3.99. The molecule has 1 aromatic carbocycles. The van der Waals surface area contributed by atoms with Gasteiger partial charge in [-0.15, -0.1) is 0 Å². The van der Waals surface area contributed by atoms with E-state index < -0.39 is 11.7 Å². The molecule has 0 unspecified atom stereocenters. The van der Waals surface area contributed by atoms with E-state index in [0.29, 0.717) is 16.7 Å². The molecule has 2 aliphatic rings. The number of aromatic hydroxyl groups is 1. The largest absolute Gasteiger partial charge is 0.494 e. The number of amides is 1. The van der Waals surface area contributed by atoms with Gasteiger partial charge in [0.1, 0.15) is 5.82 Å². The van der Waals surface area contributed by atoms with Gasteiger partial charge in [-0.3, -0.25) is 19.1 Å². The number of benzene rings is 1. The highest BCUT2D eigenvalue weighted by Gasteiger charge is 2.28. The second kappa shape index (κ2) is 8.38. The highest BCUT2D eigenvalue weighted by molar-refractivity contribution is 7.07. The highest BCUT2D eigenvalue weighted by atomic mass is 32.1. The number of aromatic amines is 1. The number of fused-ring (bicyclic) bond motifs is 1. The van der Waals surface area contributed by atoms with Crippen LogP contribution in [0.3, 0.4) is 0 Å².